The Hall–Kier alpha value is -11.6. The van der Waals surface area contributed by atoms with Crippen LogP contribution in [0.1, 0.15) is 0 Å². The molecule has 1 radical (unpaired) electrons. The summed E-state index contributed by atoms with van der Waals surface area (Å²) in [4.78, 5) is 28.3. The summed E-state index contributed by atoms with van der Waals surface area (Å²) in [6.07, 6.45) is 11.0. The summed E-state index contributed by atoms with van der Waals surface area (Å²) in [7, 11) is 0. The smallest absolute Gasteiger partial charge is 0.305 e. The van der Waals surface area contributed by atoms with Gasteiger partial charge in [0.2, 0.25) is 0 Å². The zero-order valence-electron chi connectivity index (χ0n) is 52.7. The molecule has 16 rings (SSSR count). The Balaban J connectivity index is 0.00000411. The van der Waals surface area contributed by atoms with Gasteiger partial charge in [-0.25, -0.2) is 0 Å². The summed E-state index contributed by atoms with van der Waals surface area (Å²) in [5.41, 5.74) is 29.5. The summed E-state index contributed by atoms with van der Waals surface area (Å²) in [5.74, 6) is 0. The van der Waals surface area contributed by atoms with E-state index in [1.165, 1.54) is 0 Å². The fraction of sp³-hybridized carbons (Fsp3) is 0. The molecular weight excluding hydrogens is 1550 g/mol. The van der Waals surface area contributed by atoms with Crippen molar-refractivity contribution >= 4 is 0 Å². The third-order valence-electron chi connectivity index (χ3n) is 17.6. The number of hydrogen-bond acceptors (Lipinski definition) is 6. The van der Waals surface area contributed by atoms with Crippen LogP contribution in [-0.4, -0.2) is 29.9 Å². The van der Waals surface area contributed by atoms with Crippen molar-refractivity contribution in [2.45, 2.75) is 0 Å². The molecule has 6 heterocycles. The summed E-state index contributed by atoms with van der Waals surface area (Å²) < 4.78 is 0. The number of rotatable bonds is 15. The van der Waals surface area contributed by atoms with Crippen LogP contribution in [0.25, 0.3) is 168 Å². The molecule has 0 saturated heterocycles. The fourth-order valence-electron chi connectivity index (χ4n) is 12.9. The van der Waals surface area contributed by atoms with Gasteiger partial charge in [-0.3, -0.25) is 9.97 Å². The van der Waals surface area contributed by atoms with Crippen molar-refractivity contribution in [2.24, 2.45) is 0 Å². The van der Waals surface area contributed by atoms with Crippen LogP contribution >= 0.6 is 0 Å². The summed E-state index contributed by atoms with van der Waals surface area (Å²) in [5, 5.41) is 0. The Morgan fingerprint density at radius 1 is 0.184 bits per heavy atom. The molecule has 0 fully saturated rings. The summed E-state index contributed by atoms with van der Waals surface area (Å²) >= 11 is 0. The van der Waals surface area contributed by atoms with E-state index < -0.39 is 0 Å². The predicted molar refractivity (Wildman–Crippen MR) is 390 cm³/mol. The van der Waals surface area contributed by atoms with Gasteiger partial charge in [0.05, 0.1) is 11.4 Å². The number of benzene rings is 10. The molecule has 16 aromatic rings. The fourth-order valence-corrected chi connectivity index (χ4v) is 12.9. The van der Waals surface area contributed by atoms with Crippen molar-refractivity contribution in [1.82, 2.24) is 29.9 Å². The first-order valence-corrected chi connectivity index (χ1v) is 31.9. The van der Waals surface area contributed by atoms with Crippen LogP contribution < -0.4 is 0 Å². The minimum absolute atomic E-state index is 0. The Labute approximate surface area is 598 Å². The van der Waals surface area contributed by atoms with Crippen molar-refractivity contribution in [1.29, 1.82) is 0 Å². The van der Waals surface area contributed by atoms with Crippen molar-refractivity contribution in [3.05, 3.63) is 365 Å². The third kappa shape index (κ3) is 13.3. The number of nitrogens with zero attached hydrogens (tertiary/aromatic N) is 6. The molecule has 0 amide bonds. The molecule has 8 heteroatoms. The standard InChI is InChI=1S/C90H56N6.2Ir/c1-7-52-91-82(22-1)67-40-28-61(29-41-67)76-16-13-17-77(62-30-42-68(43-31-62)83-23-2-8-53-92-83)88(76)73-58-74(89-78(63-32-44-69(45-33-63)84-24-3-9-54-93-84)18-14-19-79(89)64-34-46-70(47-35-64)85-25-4-10-55-94-85)60-75(59-73)90-80(65-36-48-71(49-37-65)86-26-5-11-56-95-86)20-15-21-81(90)66-38-50-72(51-39-66)87-27-6-12-57-96-87;;/h1-42,44-46,48,50,52-60H;;/q-4;;+3. The van der Waals surface area contributed by atoms with Gasteiger partial charge in [0.1, 0.15) is 0 Å². The molecule has 0 saturated carbocycles. The van der Waals surface area contributed by atoms with Gasteiger partial charge in [0.15, 0.2) is 0 Å². The van der Waals surface area contributed by atoms with E-state index in [-0.39, 0.29) is 40.2 Å². The molecule has 10 aromatic carbocycles. The molecule has 0 N–H and O–H groups in total. The van der Waals surface area contributed by atoms with E-state index in [0.29, 0.717) is 0 Å². The van der Waals surface area contributed by atoms with E-state index in [1.807, 2.05) is 134 Å². The van der Waals surface area contributed by atoms with E-state index in [9.17, 15) is 0 Å². The van der Waals surface area contributed by atoms with Gasteiger partial charge < -0.3 is 19.9 Å². The van der Waals surface area contributed by atoms with Crippen molar-refractivity contribution in [3.63, 3.8) is 0 Å². The molecule has 0 aliphatic carbocycles. The van der Waals surface area contributed by atoms with E-state index in [1.54, 1.807) is 0 Å². The average Bonchev–Trinajstić information content (AvgIpc) is 0.746. The molecule has 98 heavy (non-hydrogen) atoms. The van der Waals surface area contributed by atoms with E-state index in [0.717, 1.165) is 168 Å². The Morgan fingerprint density at radius 3 is 0.612 bits per heavy atom. The van der Waals surface area contributed by atoms with Crippen LogP contribution in [0.5, 0.6) is 0 Å². The molecular formula is C90H56Ir2N6-. The number of aromatic nitrogens is 6. The van der Waals surface area contributed by atoms with Crippen molar-refractivity contribution in [2.75, 3.05) is 0 Å². The Bertz CT molecular complexity index is 4500. The minimum Gasteiger partial charge on any atom is -0.305 e. The molecule has 6 aromatic heterocycles. The van der Waals surface area contributed by atoms with Gasteiger partial charge >= 0.3 is 20.1 Å². The largest absolute Gasteiger partial charge is 3.00 e. The van der Waals surface area contributed by atoms with Crippen LogP contribution in [-0.2, 0) is 40.2 Å². The molecule has 465 valence electrons. The quantitative estimate of drug-likeness (QED) is 0.0952. The molecule has 6 nitrogen and oxygen atoms in total. The van der Waals surface area contributed by atoms with Gasteiger partial charge in [-0.2, -0.15) is 0 Å². The van der Waals surface area contributed by atoms with Crippen molar-refractivity contribution < 1.29 is 40.2 Å². The van der Waals surface area contributed by atoms with Gasteiger partial charge in [0, 0.05) is 68.4 Å². The predicted octanol–water partition coefficient (Wildman–Crippen LogP) is 22.3. The SMILES string of the molecule is [Ir+3].[Ir].[c-]1cc(-c2cccc(-c3c[c-]c(-c4ccccn4)cc3)c2-c2cc(-c3c(-c4c[c-]c(-c5ccccn5)cc4)cccc3-c3ccc(-c4ccccn4)cc3)cc(-c3c(-c4c[c-]c(-c5ccccn5)cc4)cccc3-c3ccc(-c4ccccn4)cc3)c2)ccc1-c1ccccn1. The molecule has 0 bridgehead atoms. The summed E-state index contributed by atoms with van der Waals surface area (Å²) in [6, 6.07) is 121. The normalized spacial score (nSPS) is 10.9. The van der Waals surface area contributed by atoms with Crippen molar-refractivity contribution in [3.8, 4) is 168 Å². The maximum atomic E-state index is 4.74. The second kappa shape index (κ2) is 29.2. The maximum Gasteiger partial charge on any atom is 3.00 e. The first kappa shape index (κ1) is 63.8. The molecule has 0 atom stereocenters. The molecule has 0 aliphatic rings. The van der Waals surface area contributed by atoms with E-state index in [4.69, 9.17) is 29.9 Å². The zero-order valence-corrected chi connectivity index (χ0v) is 57.5. The number of pyridine rings is 6. The van der Waals surface area contributed by atoms with Gasteiger partial charge in [-0.05, 0) is 145 Å². The van der Waals surface area contributed by atoms with Crippen LogP contribution in [0.4, 0.5) is 0 Å². The average molecular weight is 1610 g/mol. The minimum atomic E-state index is 0. The van der Waals surface area contributed by atoms with E-state index in [2.05, 4.69) is 231 Å². The van der Waals surface area contributed by atoms with Gasteiger partial charge in [-0.15, -0.1) is 119 Å². The molecule has 0 spiro atoms. The third-order valence-corrected chi connectivity index (χ3v) is 17.6. The summed E-state index contributed by atoms with van der Waals surface area (Å²) in [6.45, 7) is 0. The van der Waals surface area contributed by atoms with E-state index >= 15 is 0 Å². The maximum absolute atomic E-state index is 4.74. The van der Waals surface area contributed by atoms with Crippen LogP contribution in [0.2, 0.25) is 0 Å². The zero-order chi connectivity index (χ0) is 64.0. The van der Waals surface area contributed by atoms with Crippen LogP contribution in [0.3, 0.4) is 0 Å². The number of hydrogen-bond donors (Lipinski definition) is 0. The van der Waals surface area contributed by atoms with Gasteiger partial charge in [-0.1, -0.05) is 208 Å². The van der Waals surface area contributed by atoms with Crippen LogP contribution in [0, 0.1) is 24.3 Å². The molecule has 0 unspecified atom stereocenters. The van der Waals surface area contributed by atoms with Gasteiger partial charge in [0.25, 0.3) is 0 Å². The molecule has 0 aliphatic heterocycles. The Morgan fingerprint density at radius 2 is 0.398 bits per heavy atom. The van der Waals surface area contributed by atoms with Crippen LogP contribution in [0.15, 0.2) is 340 Å². The first-order valence-electron chi connectivity index (χ1n) is 31.9. The monoisotopic (exact) mass is 1610 g/mol. The first-order chi connectivity index (χ1) is 47.6. The topological polar surface area (TPSA) is 77.3 Å². The second-order valence-corrected chi connectivity index (χ2v) is 23.4. The Kier molecular flexibility index (Phi) is 19.0. The second-order valence-electron chi connectivity index (χ2n) is 23.4.